The summed E-state index contributed by atoms with van der Waals surface area (Å²) in [6, 6.07) is -1.47. The van der Waals surface area contributed by atoms with Crippen LogP contribution in [0.25, 0.3) is 0 Å². The summed E-state index contributed by atoms with van der Waals surface area (Å²) >= 11 is 0. The van der Waals surface area contributed by atoms with Gasteiger partial charge in [0.1, 0.15) is 36.3 Å². The normalized spacial score (nSPS) is 29.5. The summed E-state index contributed by atoms with van der Waals surface area (Å²) in [6.07, 6.45) is -4.56. The SMILES string of the molecule is CC[C@@H](O)[C@H](OCCO)O[C@@H]1[C@@H](O)[C@H](O[C@@H]2CCC=C(CNC(=O)C(O)CN)O2)[C@@H](N)C[C@H]1NC(=O)CCN. The molecule has 2 amide bonds. The highest BCUT2D eigenvalue weighted by molar-refractivity contribution is 5.80. The Morgan fingerprint density at radius 1 is 1.26 bits per heavy atom. The third kappa shape index (κ3) is 10.2. The zero-order chi connectivity index (χ0) is 28.9. The number of aliphatic hydroxyl groups excluding tert-OH is 4. The summed E-state index contributed by atoms with van der Waals surface area (Å²) in [6.45, 7) is 1.21. The molecule has 1 aliphatic heterocycles. The molecule has 0 radical (unpaired) electrons. The van der Waals surface area contributed by atoms with Gasteiger partial charge in [0.15, 0.2) is 12.6 Å². The van der Waals surface area contributed by atoms with Crippen LogP contribution in [0.15, 0.2) is 11.8 Å². The van der Waals surface area contributed by atoms with E-state index in [1.54, 1.807) is 13.0 Å². The number of carbonyl (C=O) groups is 2. The number of nitrogens with one attached hydrogen (secondary N) is 2. The van der Waals surface area contributed by atoms with Crippen LogP contribution in [0.5, 0.6) is 0 Å². The van der Waals surface area contributed by atoms with E-state index in [-0.39, 0.29) is 58.0 Å². The smallest absolute Gasteiger partial charge is 0.250 e. The Labute approximate surface area is 228 Å². The molecule has 15 heteroatoms. The molecule has 9 atom stereocenters. The van der Waals surface area contributed by atoms with Gasteiger partial charge in [-0.25, -0.2) is 0 Å². The molecule has 1 fully saturated rings. The van der Waals surface area contributed by atoms with Crippen LogP contribution in [-0.2, 0) is 28.5 Å². The van der Waals surface area contributed by atoms with Gasteiger partial charge >= 0.3 is 0 Å². The fraction of sp³-hybridized carbons (Fsp3) is 0.833. The minimum absolute atomic E-state index is 0.00872. The van der Waals surface area contributed by atoms with E-state index < -0.39 is 61.1 Å². The standard InChI is InChI=1S/C24H45N5O10/c1-2-16(31)24(36-9-8-30)39-22-15(29-18(33)6-7-25)10-14(27)21(20(22)34)38-19-5-3-4-13(37-19)12-28-23(35)17(32)11-26/h4,14-17,19-22,24,30-32,34H,2-3,5-12,25-27H2,1H3,(H,28,35)(H,29,33)/t14-,15+,16+,17?,19+,20-,21+,22-,24+/m0/s1. The number of allylic oxidation sites excluding steroid dienone is 1. The molecular weight excluding hydrogens is 518 g/mol. The van der Waals surface area contributed by atoms with E-state index in [0.29, 0.717) is 18.6 Å². The van der Waals surface area contributed by atoms with Crippen LogP contribution in [-0.4, -0.2) is 120 Å². The van der Waals surface area contributed by atoms with Crippen molar-refractivity contribution in [1.82, 2.24) is 10.6 Å². The molecule has 1 heterocycles. The Morgan fingerprint density at radius 3 is 2.64 bits per heavy atom. The van der Waals surface area contributed by atoms with Gasteiger partial charge in [-0.05, 0) is 25.3 Å². The van der Waals surface area contributed by atoms with Crippen molar-refractivity contribution in [2.45, 2.75) is 94.2 Å². The third-order valence-corrected chi connectivity index (χ3v) is 6.46. The number of amides is 2. The van der Waals surface area contributed by atoms with Gasteiger partial charge in [-0.1, -0.05) is 6.92 Å². The lowest BCUT2D eigenvalue weighted by molar-refractivity contribution is -0.269. The van der Waals surface area contributed by atoms with Gasteiger partial charge in [0.2, 0.25) is 5.91 Å². The van der Waals surface area contributed by atoms with Gasteiger partial charge in [-0.2, -0.15) is 0 Å². The largest absolute Gasteiger partial charge is 0.468 e. The molecule has 12 N–H and O–H groups in total. The molecule has 0 bridgehead atoms. The number of nitrogens with two attached hydrogens (primary N) is 3. The number of hydrogen-bond acceptors (Lipinski definition) is 13. The highest BCUT2D eigenvalue weighted by atomic mass is 16.7. The fourth-order valence-corrected chi connectivity index (χ4v) is 4.35. The molecular formula is C24H45N5O10. The van der Waals surface area contributed by atoms with Crippen molar-refractivity contribution in [3.05, 3.63) is 11.8 Å². The lowest BCUT2D eigenvalue weighted by Crippen LogP contribution is -2.66. The summed E-state index contributed by atoms with van der Waals surface area (Å²) in [5.41, 5.74) is 17.2. The van der Waals surface area contributed by atoms with Crippen LogP contribution in [0.4, 0.5) is 0 Å². The maximum Gasteiger partial charge on any atom is 0.250 e. The average molecular weight is 564 g/mol. The van der Waals surface area contributed by atoms with Crippen molar-refractivity contribution in [3.8, 4) is 0 Å². The topological polar surface area (TPSA) is 254 Å². The molecule has 0 aromatic rings. The fourth-order valence-electron chi connectivity index (χ4n) is 4.35. The van der Waals surface area contributed by atoms with E-state index in [4.69, 9.17) is 41.3 Å². The Hall–Kier alpha value is -1.92. The van der Waals surface area contributed by atoms with Gasteiger partial charge in [0.25, 0.3) is 5.91 Å². The molecule has 0 spiro atoms. The maximum absolute atomic E-state index is 12.3. The minimum atomic E-state index is -1.36. The third-order valence-electron chi connectivity index (χ3n) is 6.46. The molecule has 1 saturated carbocycles. The van der Waals surface area contributed by atoms with Crippen LogP contribution in [0, 0.1) is 0 Å². The van der Waals surface area contributed by atoms with E-state index in [1.165, 1.54) is 0 Å². The van der Waals surface area contributed by atoms with E-state index in [2.05, 4.69) is 10.6 Å². The van der Waals surface area contributed by atoms with E-state index in [9.17, 15) is 24.9 Å². The van der Waals surface area contributed by atoms with Crippen LogP contribution in [0.3, 0.4) is 0 Å². The van der Waals surface area contributed by atoms with Gasteiger partial charge < -0.3 is 67.2 Å². The molecule has 15 nitrogen and oxygen atoms in total. The zero-order valence-corrected chi connectivity index (χ0v) is 22.3. The summed E-state index contributed by atoms with van der Waals surface area (Å²) < 4.78 is 23.3. The monoisotopic (exact) mass is 563 g/mol. The predicted molar refractivity (Wildman–Crippen MR) is 137 cm³/mol. The molecule has 2 rings (SSSR count). The Bertz CT molecular complexity index is 790. The molecule has 39 heavy (non-hydrogen) atoms. The number of aliphatic hydroxyl groups is 4. The second-order valence-corrected chi connectivity index (χ2v) is 9.51. The van der Waals surface area contributed by atoms with Crippen LogP contribution in [0.2, 0.25) is 0 Å². The van der Waals surface area contributed by atoms with Crippen LogP contribution in [0.1, 0.15) is 39.0 Å². The zero-order valence-electron chi connectivity index (χ0n) is 22.3. The highest BCUT2D eigenvalue weighted by Gasteiger charge is 2.47. The van der Waals surface area contributed by atoms with Gasteiger partial charge in [-0.15, -0.1) is 0 Å². The number of carbonyl (C=O) groups excluding carboxylic acids is 2. The lowest BCUT2D eigenvalue weighted by Gasteiger charge is -2.45. The lowest BCUT2D eigenvalue weighted by atomic mass is 9.83. The Balaban J connectivity index is 2.13. The molecule has 1 aliphatic carbocycles. The molecule has 226 valence electrons. The second kappa shape index (κ2) is 17.0. The van der Waals surface area contributed by atoms with Gasteiger partial charge in [0.05, 0.1) is 25.8 Å². The van der Waals surface area contributed by atoms with E-state index >= 15 is 0 Å². The first-order valence-corrected chi connectivity index (χ1v) is 13.3. The quantitative estimate of drug-likeness (QED) is 0.0819. The first-order valence-electron chi connectivity index (χ1n) is 13.3. The maximum atomic E-state index is 12.3. The first kappa shape index (κ1) is 33.3. The van der Waals surface area contributed by atoms with Crippen LogP contribution < -0.4 is 27.8 Å². The summed E-state index contributed by atoms with van der Waals surface area (Å²) in [5.74, 6) is -0.582. The minimum Gasteiger partial charge on any atom is -0.468 e. The Morgan fingerprint density at radius 2 is 2.00 bits per heavy atom. The van der Waals surface area contributed by atoms with Crippen molar-refractivity contribution in [2.24, 2.45) is 17.2 Å². The number of rotatable bonds is 16. The van der Waals surface area contributed by atoms with Gasteiger partial charge in [-0.3, -0.25) is 9.59 Å². The van der Waals surface area contributed by atoms with E-state index in [0.717, 1.165) is 0 Å². The highest BCUT2D eigenvalue weighted by Crippen LogP contribution is 2.29. The van der Waals surface area contributed by atoms with E-state index in [1.807, 2.05) is 0 Å². The number of ether oxygens (including phenoxy) is 4. The van der Waals surface area contributed by atoms with Crippen molar-refractivity contribution >= 4 is 11.8 Å². The summed E-state index contributed by atoms with van der Waals surface area (Å²) in [7, 11) is 0. The predicted octanol–water partition coefficient (Wildman–Crippen LogP) is -3.76. The average Bonchev–Trinajstić information content (AvgIpc) is 2.92. The van der Waals surface area contributed by atoms with Crippen molar-refractivity contribution in [2.75, 3.05) is 32.8 Å². The van der Waals surface area contributed by atoms with Crippen molar-refractivity contribution in [1.29, 1.82) is 0 Å². The van der Waals surface area contributed by atoms with Crippen molar-refractivity contribution in [3.63, 3.8) is 0 Å². The summed E-state index contributed by atoms with van der Waals surface area (Å²) in [4.78, 5) is 24.1. The molecule has 0 aromatic heterocycles. The molecule has 0 aromatic carbocycles. The van der Waals surface area contributed by atoms with Crippen molar-refractivity contribution < 1.29 is 49.0 Å². The molecule has 1 unspecified atom stereocenters. The second-order valence-electron chi connectivity index (χ2n) is 9.51. The number of hydrogen-bond donors (Lipinski definition) is 9. The molecule has 0 saturated heterocycles. The Kier molecular flexibility index (Phi) is 14.5. The molecule has 2 aliphatic rings. The van der Waals surface area contributed by atoms with Crippen LogP contribution >= 0.6 is 0 Å². The first-order chi connectivity index (χ1) is 18.6. The summed E-state index contributed by atoms with van der Waals surface area (Å²) in [5, 5.41) is 45.8. The van der Waals surface area contributed by atoms with Gasteiger partial charge in [0, 0.05) is 32.0 Å².